The van der Waals surface area contributed by atoms with Gasteiger partial charge in [-0.15, -0.1) is 0 Å². The molecule has 0 radical (unpaired) electrons. The fourth-order valence-corrected chi connectivity index (χ4v) is 2.11. The van der Waals surface area contributed by atoms with Gasteiger partial charge in [-0.2, -0.15) is 0 Å². The fourth-order valence-electron chi connectivity index (χ4n) is 2.11. The van der Waals surface area contributed by atoms with Gasteiger partial charge >= 0.3 is 0 Å². The number of hydrogen-bond acceptors (Lipinski definition) is 4. The van der Waals surface area contributed by atoms with Crippen molar-refractivity contribution in [3.8, 4) is 0 Å². The first-order valence-corrected chi connectivity index (χ1v) is 6.66. The number of nitrogens with one attached hydrogen (secondary N) is 1. The zero-order valence-corrected chi connectivity index (χ0v) is 12.3. The fraction of sp³-hybridized carbons (Fsp3) is 0.571. The number of aryl methyl sites for hydroxylation is 2. The van der Waals surface area contributed by atoms with E-state index in [0.29, 0.717) is 13.2 Å². The Bertz CT molecular complexity index is 445. The maximum Gasteiger partial charge on any atom is 0.140 e. The summed E-state index contributed by atoms with van der Waals surface area (Å²) in [4.78, 5) is 6.66. The Hall–Kier alpha value is -1.62. The first-order chi connectivity index (χ1) is 9.01. The molecule has 5 nitrogen and oxygen atoms in total. The van der Waals surface area contributed by atoms with Gasteiger partial charge in [0.25, 0.3) is 0 Å². The quantitative estimate of drug-likeness (QED) is 0.448. The number of nitrogens with zero attached hydrogens (tertiary/aromatic N) is 2. The lowest BCUT2D eigenvalue weighted by Gasteiger charge is -2.25. The maximum atomic E-state index is 7.75. The number of rotatable bonds is 7. The second-order valence-corrected chi connectivity index (χ2v) is 4.47. The van der Waals surface area contributed by atoms with Crippen LogP contribution in [-0.2, 0) is 4.74 Å². The summed E-state index contributed by atoms with van der Waals surface area (Å²) in [5.41, 5.74) is 8.35. The number of amidine groups is 1. The summed E-state index contributed by atoms with van der Waals surface area (Å²) >= 11 is 0. The Balaban J connectivity index is 3.10. The third-order valence-electron chi connectivity index (χ3n) is 2.99. The predicted molar refractivity (Wildman–Crippen MR) is 79.1 cm³/mol. The van der Waals surface area contributed by atoms with E-state index in [4.69, 9.17) is 15.9 Å². The summed E-state index contributed by atoms with van der Waals surface area (Å²) in [6.07, 6.45) is 0. The van der Waals surface area contributed by atoms with Crippen LogP contribution in [0.3, 0.4) is 0 Å². The van der Waals surface area contributed by atoms with Crippen LogP contribution >= 0.6 is 0 Å². The summed E-state index contributed by atoms with van der Waals surface area (Å²) in [7, 11) is 0. The molecule has 0 amide bonds. The molecule has 3 N–H and O–H groups in total. The number of anilines is 1. The molecule has 0 saturated carbocycles. The smallest absolute Gasteiger partial charge is 0.140 e. The van der Waals surface area contributed by atoms with Crippen LogP contribution in [0, 0.1) is 19.3 Å². The predicted octanol–water partition coefficient (Wildman–Crippen LogP) is 1.85. The summed E-state index contributed by atoms with van der Waals surface area (Å²) in [6, 6.07) is 1.95. The van der Waals surface area contributed by atoms with Gasteiger partial charge in [-0.25, -0.2) is 4.98 Å². The van der Waals surface area contributed by atoms with Crippen molar-refractivity contribution in [1.29, 1.82) is 5.41 Å². The molecule has 1 aromatic rings. The van der Waals surface area contributed by atoms with Gasteiger partial charge in [0.1, 0.15) is 11.7 Å². The highest BCUT2D eigenvalue weighted by molar-refractivity contribution is 6.01. The minimum Gasteiger partial charge on any atom is -0.384 e. The second-order valence-electron chi connectivity index (χ2n) is 4.47. The Morgan fingerprint density at radius 2 is 2.11 bits per heavy atom. The highest BCUT2D eigenvalue weighted by atomic mass is 16.5. The molecule has 1 heterocycles. The molecule has 5 heteroatoms. The van der Waals surface area contributed by atoms with Crippen molar-refractivity contribution in [3.05, 3.63) is 22.9 Å². The molecule has 0 unspecified atom stereocenters. The lowest BCUT2D eigenvalue weighted by atomic mass is 10.1. The number of pyridine rings is 1. The monoisotopic (exact) mass is 264 g/mol. The summed E-state index contributed by atoms with van der Waals surface area (Å²) in [5, 5.41) is 7.75. The molecule has 1 aromatic heterocycles. The molecular weight excluding hydrogens is 240 g/mol. The van der Waals surface area contributed by atoms with Crippen molar-refractivity contribution in [1.82, 2.24) is 4.98 Å². The van der Waals surface area contributed by atoms with Crippen LogP contribution in [0.1, 0.15) is 30.7 Å². The molecule has 0 bridgehead atoms. The van der Waals surface area contributed by atoms with Crippen molar-refractivity contribution in [2.45, 2.75) is 27.7 Å². The maximum absolute atomic E-state index is 7.75. The van der Waals surface area contributed by atoms with E-state index >= 15 is 0 Å². The largest absolute Gasteiger partial charge is 0.384 e. The highest BCUT2D eigenvalue weighted by Gasteiger charge is 2.16. The van der Waals surface area contributed by atoms with E-state index in [1.165, 1.54) is 0 Å². The normalized spacial score (nSPS) is 10.5. The number of nitrogen functional groups attached to an aromatic ring is 1. The van der Waals surface area contributed by atoms with E-state index in [9.17, 15) is 0 Å². The van der Waals surface area contributed by atoms with Crippen LogP contribution in [0.25, 0.3) is 0 Å². The minimum absolute atomic E-state index is 0.0647. The molecule has 0 atom stereocenters. The lowest BCUT2D eigenvalue weighted by Crippen LogP contribution is -2.31. The number of aromatic nitrogens is 1. The highest BCUT2D eigenvalue weighted by Crippen LogP contribution is 2.22. The lowest BCUT2D eigenvalue weighted by molar-refractivity contribution is 0.154. The standard InChI is InChI=1S/C14H24N4O/c1-5-18(7-8-19-6-2)14-12(13(15)16)10(3)9-11(4)17-14/h9H,5-8H2,1-4H3,(H3,15,16). The van der Waals surface area contributed by atoms with Crippen LogP contribution in [0.4, 0.5) is 5.82 Å². The van der Waals surface area contributed by atoms with Crippen LogP contribution in [0.15, 0.2) is 6.07 Å². The van der Waals surface area contributed by atoms with Crippen molar-refractivity contribution < 1.29 is 4.74 Å². The molecule has 0 spiro atoms. The van der Waals surface area contributed by atoms with E-state index in [1.54, 1.807) is 0 Å². The first-order valence-electron chi connectivity index (χ1n) is 6.66. The number of ether oxygens (including phenoxy) is 1. The SMILES string of the molecule is CCOCCN(CC)c1nc(C)cc(C)c1C(=N)N. The minimum atomic E-state index is 0.0647. The third kappa shape index (κ3) is 3.92. The first kappa shape index (κ1) is 15.4. The van der Waals surface area contributed by atoms with Gasteiger partial charge in [0, 0.05) is 25.4 Å². The molecule has 0 saturated heterocycles. The molecule has 0 fully saturated rings. The van der Waals surface area contributed by atoms with Gasteiger partial charge in [-0.05, 0) is 39.3 Å². The Labute approximate surface area is 115 Å². The second kappa shape index (κ2) is 7.09. The molecule has 0 aliphatic rings. The Morgan fingerprint density at radius 1 is 1.42 bits per heavy atom. The zero-order valence-electron chi connectivity index (χ0n) is 12.3. The van der Waals surface area contributed by atoms with Gasteiger partial charge in [0.15, 0.2) is 0 Å². The molecule has 0 aromatic carbocycles. The topological polar surface area (TPSA) is 75.2 Å². The zero-order chi connectivity index (χ0) is 14.4. The molecule has 0 aliphatic carbocycles. The third-order valence-corrected chi connectivity index (χ3v) is 2.99. The number of nitrogens with two attached hydrogens (primary N) is 1. The Morgan fingerprint density at radius 3 is 2.63 bits per heavy atom. The average molecular weight is 264 g/mol. The van der Waals surface area contributed by atoms with Gasteiger partial charge < -0.3 is 15.4 Å². The number of hydrogen-bond donors (Lipinski definition) is 2. The molecule has 0 aliphatic heterocycles. The van der Waals surface area contributed by atoms with E-state index < -0.39 is 0 Å². The van der Waals surface area contributed by atoms with Crippen LogP contribution in [0.5, 0.6) is 0 Å². The van der Waals surface area contributed by atoms with Gasteiger partial charge in [0.2, 0.25) is 0 Å². The van der Waals surface area contributed by atoms with E-state index in [1.807, 2.05) is 26.8 Å². The summed E-state index contributed by atoms with van der Waals surface area (Å²) in [5.74, 6) is 0.849. The molecule has 19 heavy (non-hydrogen) atoms. The Kier molecular flexibility index (Phi) is 5.76. The average Bonchev–Trinajstić information content (AvgIpc) is 2.33. The van der Waals surface area contributed by atoms with Gasteiger partial charge in [-0.3, -0.25) is 5.41 Å². The van der Waals surface area contributed by atoms with Crippen LogP contribution in [0.2, 0.25) is 0 Å². The van der Waals surface area contributed by atoms with Gasteiger partial charge in [-0.1, -0.05) is 0 Å². The molecular formula is C14H24N4O. The van der Waals surface area contributed by atoms with E-state index in [0.717, 1.165) is 35.7 Å². The van der Waals surface area contributed by atoms with Crippen molar-refractivity contribution in [2.75, 3.05) is 31.2 Å². The van der Waals surface area contributed by atoms with Crippen molar-refractivity contribution >= 4 is 11.7 Å². The summed E-state index contributed by atoms with van der Waals surface area (Å²) < 4.78 is 5.39. The van der Waals surface area contributed by atoms with Crippen LogP contribution in [-0.4, -0.2) is 37.1 Å². The summed E-state index contributed by atoms with van der Waals surface area (Å²) in [6.45, 7) is 10.9. The van der Waals surface area contributed by atoms with Crippen molar-refractivity contribution in [2.24, 2.45) is 5.73 Å². The molecule has 106 valence electrons. The van der Waals surface area contributed by atoms with Crippen molar-refractivity contribution in [3.63, 3.8) is 0 Å². The molecule has 1 rings (SSSR count). The number of likely N-dealkylation sites (N-methyl/N-ethyl adjacent to an activating group) is 1. The van der Waals surface area contributed by atoms with Gasteiger partial charge in [0.05, 0.1) is 12.2 Å². The van der Waals surface area contributed by atoms with E-state index in [2.05, 4.69) is 16.8 Å². The van der Waals surface area contributed by atoms with E-state index in [-0.39, 0.29) is 5.84 Å². The van der Waals surface area contributed by atoms with Crippen LogP contribution < -0.4 is 10.6 Å².